The van der Waals surface area contributed by atoms with Crippen LogP contribution in [-0.4, -0.2) is 16.7 Å². The minimum atomic E-state index is -0.467. The fraction of sp³-hybridized carbons (Fsp3) is 0.0588. The highest BCUT2D eigenvalue weighted by atomic mass is 16.3. The molecule has 100 valence electrons. The van der Waals surface area contributed by atoms with Gasteiger partial charge < -0.3 is 5.11 Å². The maximum atomic E-state index is 12.5. The van der Waals surface area contributed by atoms with Crippen molar-refractivity contribution in [1.82, 2.24) is 0 Å². The molecule has 0 aromatic heterocycles. The molecule has 0 atom stereocenters. The van der Waals surface area contributed by atoms with Crippen molar-refractivity contribution in [2.45, 2.75) is 6.92 Å². The number of hydrogen-bond donors (Lipinski definition) is 1. The lowest BCUT2D eigenvalue weighted by molar-refractivity contribution is 0.100. The van der Waals surface area contributed by atoms with Crippen LogP contribution in [0.15, 0.2) is 55.1 Å². The molecule has 0 aliphatic carbocycles. The monoisotopic (exact) mass is 266 g/mol. The van der Waals surface area contributed by atoms with Crippen LogP contribution >= 0.6 is 0 Å². The number of ketones is 2. The van der Waals surface area contributed by atoms with Crippen molar-refractivity contribution in [3.05, 3.63) is 77.4 Å². The molecule has 0 spiro atoms. The summed E-state index contributed by atoms with van der Waals surface area (Å²) in [7, 11) is 0. The van der Waals surface area contributed by atoms with Gasteiger partial charge in [0, 0.05) is 11.1 Å². The van der Waals surface area contributed by atoms with E-state index in [2.05, 4.69) is 6.58 Å². The predicted molar refractivity (Wildman–Crippen MR) is 77.2 cm³/mol. The molecular formula is C17H14O3. The smallest absolute Gasteiger partial charge is 0.193 e. The van der Waals surface area contributed by atoms with Crippen molar-refractivity contribution in [1.29, 1.82) is 0 Å². The van der Waals surface area contributed by atoms with E-state index in [-0.39, 0.29) is 22.7 Å². The number of carbonyl (C=O) groups is 2. The van der Waals surface area contributed by atoms with E-state index >= 15 is 0 Å². The van der Waals surface area contributed by atoms with Crippen molar-refractivity contribution in [2.75, 3.05) is 0 Å². The van der Waals surface area contributed by atoms with E-state index in [1.807, 2.05) is 0 Å². The largest absolute Gasteiger partial charge is 0.507 e. The lowest BCUT2D eigenvalue weighted by Crippen LogP contribution is -2.09. The molecule has 0 radical (unpaired) electrons. The summed E-state index contributed by atoms with van der Waals surface area (Å²) in [4.78, 5) is 24.4. The van der Waals surface area contributed by atoms with Gasteiger partial charge in [-0.05, 0) is 24.6 Å². The van der Waals surface area contributed by atoms with Crippen LogP contribution in [0.25, 0.3) is 0 Å². The van der Waals surface area contributed by atoms with Crippen LogP contribution in [0.4, 0.5) is 0 Å². The van der Waals surface area contributed by atoms with Gasteiger partial charge in [0.1, 0.15) is 5.75 Å². The van der Waals surface area contributed by atoms with Crippen LogP contribution in [0.1, 0.15) is 31.8 Å². The molecule has 0 unspecified atom stereocenters. The topological polar surface area (TPSA) is 54.4 Å². The van der Waals surface area contributed by atoms with Crippen molar-refractivity contribution < 1.29 is 14.7 Å². The molecule has 0 aliphatic heterocycles. The zero-order valence-electron chi connectivity index (χ0n) is 11.1. The number of phenols is 1. The SMILES string of the molecule is C=CC(=O)c1c(C(=O)c2ccccc2)ccc(C)c1O. The van der Waals surface area contributed by atoms with E-state index in [0.29, 0.717) is 11.1 Å². The highest BCUT2D eigenvalue weighted by Crippen LogP contribution is 2.28. The first kappa shape index (κ1) is 13.7. The van der Waals surface area contributed by atoms with E-state index in [1.165, 1.54) is 0 Å². The number of allylic oxidation sites excluding steroid dienone is 1. The van der Waals surface area contributed by atoms with Gasteiger partial charge >= 0.3 is 0 Å². The highest BCUT2D eigenvalue weighted by molar-refractivity contribution is 6.19. The van der Waals surface area contributed by atoms with Crippen LogP contribution in [0, 0.1) is 6.92 Å². The normalized spacial score (nSPS) is 10.1. The Kier molecular flexibility index (Phi) is 3.80. The third-order valence-corrected chi connectivity index (χ3v) is 3.09. The standard InChI is InChI=1S/C17H14O3/c1-3-14(18)15-13(10-9-11(2)16(15)19)17(20)12-7-5-4-6-8-12/h3-10,19H,1H2,2H3. The van der Waals surface area contributed by atoms with Gasteiger partial charge in [-0.1, -0.05) is 43.0 Å². The Morgan fingerprint density at radius 1 is 1.10 bits per heavy atom. The number of rotatable bonds is 4. The second-order valence-electron chi connectivity index (χ2n) is 4.42. The zero-order valence-corrected chi connectivity index (χ0v) is 11.1. The van der Waals surface area contributed by atoms with Crippen molar-refractivity contribution in [3.8, 4) is 5.75 Å². The summed E-state index contributed by atoms with van der Waals surface area (Å²) in [5, 5.41) is 10.1. The minimum Gasteiger partial charge on any atom is -0.507 e. The molecule has 2 rings (SSSR count). The third kappa shape index (κ3) is 2.38. The lowest BCUT2D eigenvalue weighted by Gasteiger charge is -2.10. The molecule has 2 aromatic carbocycles. The predicted octanol–water partition coefficient (Wildman–Crippen LogP) is 3.30. The summed E-state index contributed by atoms with van der Waals surface area (Å²) >= 11 is 0. The molecule has 0 saturated heterocycles. The molecule has 1 N–H and O–H groups in total. The van der Waals surface area contributed by atoms with Gasteiger partial charge in [-0.3, -0.25) is 9.59 Å². The van der Waals surface area contributed by atoms with Crippen LogP contribution in [0.3, 0.4) is 0 Å². The van der Waals surface area contributed by atoms with Crippen LogP contribution in [0.2, 0.25) is 0 Å². The van der Waals surface area contributed by atoms with Gasteiger partial charge in [0.15, 0.2) is 11.6 Å². The number of phenolic OH excluding ortho intramolecular Hbond substituents is 1. The van der Waals surface area contributed by atoms with E-state index in [0.717, 1.165) is 6.08 Å². The molecule has 0 saturated carbocycles. The Morgan fingerprint density at radius 2 is 1.75 bits per heavy atom. The van der Waals surface area contributed by atoms with Gasteiger partial charge in [-0.2, -0.15) is 0 Å². The molecule has 3 nitrogen and oxygen atoms in total. The fourth-order valence-electron chi connectivity index (χ4n) is 1.98. The highest BCUT2D eigenvalue weighted by Gasteiger charge is 2.21. The lowest BCUT2D eigenvalue weighted by atomic mass is 9.93. The maximum Gasteiger partial charge on any atom is 0.193 e. The summed E-state index contributed by atoms with van der Waals surface area (Å²) in [6.07, 6.45) is 1.09. The quantitative estimate of drug-likeness (QED) is 0.682. The number of benzene rings is 2. The number of hydrogen-bond acceptors (Lipinski definition) is 3. The summed E-state index contributed by atoms with van der Waals surface area (Å²) in [6.45, 7) is 5.08. The number of carbonyl (C=O) groups excluding carboxylic acids is 2. The molecule has 0 amide bonds. The van der Waals surface area contributed by atoms with Gasteiger partial charge in [-0.15, -0.1) is 0 Å². The molecule has 0 aliphatic rings. The van der Waals surface area contributed by atoms with Crippen molar-refractivity contribution >= 4 is 11.6 Å². The molecule has 0 bridgehead atoms. The van der Waals surface area contributed by atoms with Crippen molar-refractivity contribution in [2.24, 2.45) is 0 Å². The van der Waals surface area contributed by atoms with Gasteiger partial charge in [0.05, 0.1) is 5.56 Å². The Morgan fingerprint density at radius 3 is 2.35 bits per heavy atom. The Balaban J connectivity index is 2.63. The Bertz CT molecular complexity index is 685. The summed E-state index contributed by atoms with van der Waals surface area (Å²) in [5.74, 6) is -0.937. The van der Waals surface area contributed by atoms with E-state index in [1.54, 1.807) is 49.4 Å². The second-order valence-corrected chi connectivity index (χ2v) is 4.42. The van der Waals surface area contributed by atoms with Gasteiger partial charge in [0.25, 0.3) is 0 Å². The Labute approximate surface area is 117 Å². The molecule has 2 aromatic rings. The third-order valence-electron chi connectivity index (χ3n) is 3.09. The molecule has 0 fully saturated rings. The minimum absolute atomic E-state index is 0.00820. The molecule has 20 heavy (non-hydrogen) atoms. The van der Waals surface area contributed by atoms with E-state index < -0.39 is 5.78 Å². The van der Waals surface area contributed by atoms with E-state index in [4.69, 9.17) is 0 Å². The Hall–Kier alpha value is -2.68. The summed E-state index contributed by atoms with van der Waals surface area (Å²) in [5.41, 5.74) is 1.20. The number of aryl methyl sites for hydroxylation is 1. The first-order valence-corrected chi connectivity index (χ1v) is 6.15. The van der Waals surface area contributed by atoms with Crippen LogP contribution < -0.4 is 0 Å². The average Bonchev–Trinajstić information content (AvgIpc) is 2.49. The zero-order chi connectivity index (χ0) is 14.7. The number of aromatic hydroxyl groups is 1. The molecule has 0 heterocycles. The average molecular weight is 266 g/mol. The van der Waals surface area contributed by atoms with Gasteiger partial charge in [-0.25, -0.2) is 0 Å². The fourth-order valence-corrected chi connectivity index (χ4v) is 1.98. The maximum absolute atomic E-state index is 12.5. The molecule has 3 heteroatoms. The van der Waals surface area contributed by atoms with Gasteiger partial charge in [0.2, 0.25) is 0 Å². The summed E-state index contributed by atoms with van der Waals surface area (Å²) < 4.78 is 0. The first-order chi connectivity index (χ1) is 9.56. The van der Waals surface area contributed by atoms with Crippen molar-refractivity contribution in [3.63, 3.8) is 0 Å². The van der Waals surface area contributed by atoms with E-state index in [9.17, 15) is 14.7 Å². The summed E-state index contributed by atoms with van der Waals surface area (Å²) in [6, 6.07) is 11.8. The van der Waals surface area contributed by atoms with Crippen LogP contribution in [0.5, 0.6) is 5.75 Å². The first-order valence-electron chi connectivity index (χ1n) is 6.15. The molecular weight excluding hydrogens is 252 g/mol. The van der Waals surface area contributed by atoms with Crippen LogP contribution in [-0.2, 0) is 0 Å². The second kappa shape index (κ2) is 5.53.